The van der Waals surface area contributed by atoms with Gasteiger partial charge in [-0.3, -0.25) is 4.90 Å². The standard InChI is InChI=1S/C27H32N2O3/c1-30-24-12-9-22(10-13-24)27(29-17-6-15-28-16-18-29)23-11-14-25(26(19-23)31-2)32-20-21-7-4-3-5-8-21/h3-5,7-14,19,27-28H,6,15-18,20H2,1-2H3. The predicted octanol–water partition coefficient (Wildman–Crippen LogP) is 4.67. The van der Waals surface area contributed by atoms with Crippen LogP contribution in [0.4, 0.5) is 0 Å². The quantitative estimate of drug-likeness (QED) is 0.560. The summed E-state index contributed by atoms with van der Waals surface area (Å²) < 4.78 is 17.2. The molecule has 0 radical (unpaired) electrons. The van der Waals surface area contributed by atoms with Crippen molar-refractivity contribution in [3.05, 3.63) is 89.5 Å². The summed E-state index contributed by atoms with van der Waals surface area (Å²) in [7, 11) is 3.40. The highest BCUT2D eigenvalue weighted by Crippen LogP contribution is 2.36. The van der Waals surface area contributed by atoms with Gasteiger partial charge in [-0.25, -0.2) is 0 Å². The van der Waals surface area contributed by atoms with Gasteiger partial charge in [0, 0.05) is 19.6 Å². The Kier molecular flexibility index (Phi) is 7.64. The molecule has 4 rings (SSSR count). The van der Waals surface area contributed by atoms with E-state index in [0.29, 0.717) is 6.61 Å². The molecule has 1 aliphatic heterocycles. The van der Waals surface area contributed by atoms with Crippen molar-refractivity contribution in [3.8, 4) is 17.2 Å². The second kappa shape index (κ2) is 11.0. The lowest BCUT2D eigenvalue weighted by Gasteiger charge is -2.32. The van der Waals surface area contributed by atoms with Crippen molar-refractivity contribution in [1.29, 1.82) is 0 Å². The molecule has 1 atom stereocenters. The highest BCUT2D eigenvalue weighted by molar-refractivity contribution is 5.46. The number of nitrogens with zero attached hydrogens (tertiary/aromatic N) is 1. The molecule has 0 amide bonds. The number of methoxy groups -OCH3 is 2. The molecular weight excluding hydrogens is 400 g/mol. The highest BCUT2D eigenvalue weighted by atomic mass is 16.5. The monoisotopic (exact) mass is 432 g/mol. The van der Waals surface area contributed by atoms with E-state index in [1.807, 2.05) is 36.4 Å². The number of nitrogens with one attached hydrogen (secondary N) is 1. The Morgan fingerprint density at radius 2 is 1.59 bits per heavy atom. The van der Waals surface area contributed by atoms with E-state index in [1.165, 1.54) is 11.1 Å². The molecule has 5 heteroatoms. The van der Waals surface area contributed by atoms with Gasteiger partial charge in [-0.05, 0) is 53.9 Å². The molecule has 1 unspecified atom stereocenters. The van der Waals surface area contributed by atoms with Gasteiger partial charge in [0.2, 0.25) is 0 Å². The van der Waals surface area contributed by atoms with E-state index >= 15 is 0 Å². The Bertz CT molecular complexity index is 968. The fourth-order valence-corrected chi connectivity index (χ4v) is 4.23. The van der Waals surface area contributed by atoms with E-state index < -0.39 is 0 Å². The van der Waals surface area contributed by atoms with Crippen LogP contribution in [0.5, 0.6) is 17.2 Å². The van der Waals surface area contributed by atoms with E-state index in [-0.39, 0.29) is 6.04 Å². The van der Waals surface area contributed by atoms with Crippen molar-refractivity contribution in [3.63, 3.8) is 0 Å². The largest absolute Gasteiger partial charge is 0.497 e. The minimum absolute atomic E-state index is 0.137. The van der Waals surface area contributed by atoms with Crippen LogP contribution in [0.15, 0.2) is 72.8 Å². The van der Waals surface area contributed by atoms with Crippen LogP contribution in [-0.4, -0.2) is 45.3 Å². The van der Waals surface area contributed by atoms with Crippen LogP contribution in [0.3, 0.4) is 0 Å². The molecule has 1 aliphatic rings. The predicted molar refractivity (Wildman–Crippen MR) is 128 cm³/mol. The zero-order valence-corrected chi connectivity index (χ0v) is 18.9. The zero-order chi connectivity index (χ0) is 22.2. The average Bonchev–Trinajstić information content (AvgIpc) is 3.14. The SMILES string of the molecule is COc1ccc(C(c2ccc(OCc3ccccc3)c(OC)c2)N2CCCNCC2)cc1. The van der Waals surface area contributed by atoms with Crippen LogP contribution in [0.2, 0.25) is 0 Å². The van der Waals surface area contributed by atoms with Gasteiger partial charge in [0.05, 0.1) is 20.3 Å². The second-order valence-electron chi connectivity index (χ2n) is 8.00. The van der Waals surface area contributed by atoms with E-state index in [1.54, 1.807) is 14.2 Å². The molecule has 1 heterocycles. The summed E-state index contributed by atoms with van der Waals surface area (Å²) in [6.45, 7) is 4.59. The van der Waals surface area contributed by atoms with Crippen LogP contribution < -0.4 is 19.5 Å². The number of hydrogen-bond donors (Lipinski definition) is 1. The van der Waals surface area contributed by atoms with Crippen molar-refractivity contribution < 1.29 is 14.2 Å². The van der Waals surface area contributed by atoms with Crippen molar-refractivity contribution >= 4 is 0 Å². The molecule has 1 N–H and O–H groups in total. The Hall–Kier alpha value is -3.02. The lowest BCUT2D eigenvalue weighted by atomic mass is 9.96. The molecular formula is C27H32N2O3. The third-order valence-corrected chi connectivity index (χ3v) is 5.91. The highest BCUT2D eigenvalue weighted by Gasteiger charge is 2.24. The van der Waals surface area contributed by atoms with Crippen LogP contribution in [0.1, 0.15) is 29.2 Å². The molecule has 1 saturated heterocycles. The first-order valence-electron chi connectivity index (χ1n) is 11.2. The molecule has 32 heavy (non-hydrogen) atoms. The summed E-state index contributed by atoms with van der Waals surface area (Å²) in [6, 6.07) is 25.0. The van der Waals surface area contributed by atoms with Gasteiger partial charge < -0.3 is 19.5 Å². The van der Waals surface area contributed by atoms with Gasteiger partial charge in [-0.1, -0.05) is 48.5 Å². The van der Waals surface area contributed by atoms with Crippen molar-refractivity contribution in [2.24, 2.45) is 0 Å². The van der Waals surface area contributed by atoms with Crippen LogP contribution in [0, 0.1) is 0 Å². The van der Waals surface area contributed by atoms with Crippen LogP contribution in [-0.2, 0) is 6.61 Å². The van der Waals surface area contributed by atoms with Gasteiger partial charge in [0.25, 0.3) is 0 Å². The van der Waals surface area contributed by atoms with E-state index in [0.717, 1.165) is 55.4 Å². The maximum Gasteiger partial charge on any atom is 0.161 e. The zero-order valence-electron chi connectivity index (χ0n) is 18.9. The molecule has 1 fully saturated rings. The third kappa shape index (κ3) is 5.42. The number of ether oxygens (including phenoxy) is 3. The van der Waals surface area contributed by atoms with Crippen molar-refractivity contribution in [1.82, 2.24) is 10.2 Å². The Morgan fingerprint density at radius 1 is 0.812 bits per heavy atom. The van der Waals surface area contributed by atoms with E-state index in [9.17, 15) is 0 Å². The Labute approximate surface area is 190 Å². The van der Waals surface area contributed by atoms with Gasteiger partial charge in [0.15, 0.2) is 11.5 Å². The van der Waals surface area contributed by atoms with Gasteiger partial charge >= 0.3 is 0 Å². The van der Waals surface area contributed by atoms with Gasteiger partial charge in [0.1, 0.15) is 12.4 Å². The topological polar surface area (TPSA) is 43.0 Å². The van der Waals surface area contributed by atoms with Crippen LogP contribution >= 0.6 is 0 Å². The molecule has 0 bridgehead atoms. The molecule has 3 aromatic rings. The maximum atomic E-state index is 6.09. The first-order valence-corrected chi connectivity index (χ1v) is 11.2. The number of hydrogen-bond acceptors (Lipinski definition) is 5. The number of benzene rings is 3. The van der Waals surface area contributed by atoms with Crippen molar-refractivity contribution in [2.75, 3.05) is 40.4 Å². The van der Waals surface area contributed by atoms with E-state index in [4.69, 9.17) is 14.2 Å². The lowest BCUT2D eigenvalue weighted by molar-refractivity contribution is 0.239. The molecule has 0 aromatic heterocycles. The van der Waals surface area contributed by atoms with Crippen LogP contribution in [0.25, 0.3) is 0 Å². The van der Waals surface area contributed by atoms with E-state index in [2.05, 4.69) is 46.6 Å². The summed E-state index contributed by atoms with van der Waals surface area (Å²) >= 11 is 0. The number of rotatable bonds is 8. The maximum absolute atomic E-state index is 6.09. The first kappa shape index (κ1) is 22.2. The first-order chi connectivity index (χ1) is 15.8. The normalized spacial score (nSPS) is 15.6. The fraction of sp³-hybridized carbons (Fsp3) is 0.333. The van der Waals surface area contributed by atoms with Gasteiger partial charge in [-0.2, -0.15) is 0 Å². The average molecular weight is 433 g/mol. The minimum atomic E-state index is 0.137. The molecule has 3 aromatic carbocycles. The molecule has 168 valence electrons. The summed E-state index contributed by atoms with van der Waals surface area (Å²) in [5.41, 5.74) is 3.57. The lowest BCUT2D eigenvalue weighted by Crippen LogP contribution is -2.33. The molecule has 0 spiro atoms. The summed E-state index contributed by atoms with van der Waals surface area (Å²) in [5.74, 6) is 2.38. The summed E-state index contributed by atoms with van der Waals surface area (Å²) in [6.07, 6.45) is 1.13. The van der Waals surface area contributed by atoms with Crippen molar-refractivity contribution in [2.45, 2.75) is 19.1 Å². The molecule has 5 nitrogen and oxygen atoms in total. The Morgan fingerprint density at radius 3 is 2.34 bits per heavy atom. The summed E-state index contributed by atoms with van der Waals surface area (Å²) in [5, 5.41) is 3.51. The Balaban J connectivity index is 1.63. The molecule has 0 aliphatic carbocycles. The smallest absolute Gasteiger partial charge is 0.161 e. The third-order valence-electron chi connectivity index (χ3n) is 5.91. The summed E-state index contributed by atoms with van der Waals surface area (Å²) in [4.78, 5) is 2.54. The second-order valence-corrected chi connectivity index (χ2v) is 8.00. The molecule has 0 saturated carbocycles. The minimum Gasteiger partial charge on any atom is -0.497 e. The van der Waals surface area contributed by atoms with Gasteiger partial charge in [-0.15, -0.1) is 0 Å². The fourth-order valence-electron chi connectivity index (χ4n) is 4.23.